The van der Waals surface area contributed by atoms with Crippen LogP contribution in [0.2, 0.25) is 5.02 Å². The highest BCUT2D eigenvalue weighted by Crippen LogP contribution is 2.28. The molecule has 0 radical (unpaired) electrons. The minimum Gasteiger partial charge on any atom is -0.456 e. The summed E-state index contributed by atoms with van der Waals surface area (Å²) in [7, 11) is 0. The van der Waals surface area contributed by atoms with Crippen LogP contribution in [0.25, 0.3) is 33.3 Å². The lowest BCUT2D eigenvalue weighted by Crippen LogP contribution is -2.10. The second kappa shape index (κ2) is 7.84. The van der Waals surface area contributed by atoms with Crippen LogP contribution in [0.1, 0.15) is 26.3 Å². The van der Waals surface area contributed by atoms with Crippen LogP contribution in [0.3, 0.4) is 0 Å². The number of nitrogens with zero attached hydrogens (tertiary/aromatic N) is 2. The van der Waals surface area contributed by atoms with E-state index in [4.69, 9.17) is 16.0 Å². The molecule has 160 valence electrons. The van der Waals surface area contributed by atoms with Crippen molar-refractivity contribution in [3.05, 3.63) is 88.7 Å². The first-order valence-electron chi connectivity index (χ1n) is 10.5. The molecule has 0 unspecified atom stereocenters. The molecule has 0 saturated heterocycles. The quantitative estimate of drug-likeness (QED) is 0.300. The first kappa shape index (κ1) is 20.3. The average Bonchev–Trinajstić information content (AvgIpc) is 3.20. The summed E-state index contributed by atoms with van der Waals surface area (Å²) in [4.78, 5) is 7.76. The number of rotatable bonds is 3. The smallest absolute Gasteiger partial charge is 0.222 e. The van der Waals surface area contributed by atoms with Crippen molar-refractivity contribution in [2.75, 3.05) is 5.43 Å². The van der Waals surface area contributed by atoms with Crippen LogP contribution in [-0.4, -0.2) is 9.97 Å². The molecule has 2 N–H and O–H groups in total. The molecule has 0 aliphatic carbocycles. The number of nitrogens with one attached hydrogen (secondary N) is 2. The second-order valence-electron chi connectivity index (χ2n) is 8.79. The molecule has 2 heterocycles. The molecule has 32 heavy (non-hydrogen) atoms. The Kier molecular flexibility index (Phi) is 4.98. The Morgan fingerprint density at radius 3 is 2.50 bits per heavy atom. The van der Waals surface area contributed by atoms with E-state index < -0.39 is 0 Å². The van der Waals surface area contributed by atoms with Crippen molar-refractivity contribution in [3.8, 4) is 11.3 Å². The van der Waals surface area contributed by atoms with Gasteiger partial charge in [0.25, 0.3) is 0 Å². The third kappa shape index (κ3) is 3.99. The Hall–Kier alpha value is -3.57. The third-order valence-electron chi connectivity index (χ3n) is 5.41. The zero-order chi connectivity index (χ0) is 22.3. The number of anilines is 1. The first-order chi connectivity index (χ1) is 15.4. The number of halogens is 1. The Balaban J connectivity index is 1.60. The molecular formula is C26H23ClN4O. The minimum atomic E-state index is 0.0901. The molecular weight excluding hydrogens is 420 g/mol. The van der Waals surface area contributed by atoms with E-state index in [-0.39, 0.29) is 5.41 Å². The molecule has 0 amide bonds. The summed E-state index contributed by atoms with van der Waals surface area (Å²) in [5.41, 5.74) is 7.91. The van der Waals surface area contributed by atoms with Crippen LogP contribution in [0.15, 0.2) is 82.3 Å². The Morgan fingerprint density at radius 1 is 0.969 bits per heavy atom. The summed E-state index contributed by atoms with van der Waals surface area (Å²) >= 11 is 6.26. The number of H-pyrrole nitrogens is 1. The van der Waals surface area contributed by atoms with Crippen molar-refractivity contribution in [2.45, 2.75) is 26.2 Å². The van der Waals surface area contributed by atoms with Gasteiger partial charge in [0.15, 0.2) is 0 Å². The molecule has 0 aliphatic heterocycles. The molecule has 0 saturated carbocycles. The second-order valence-corrected chi connectivity index (χ2v) is 9.23. The van der Waals surface area contributed by atoms with Crippen LogP contribution in [0, 0.1) is 0 Å². The van der Waals surface area contributed by atoms with Gasteiger partial charge in [0, 0.05) is 22.0 Å². The maximum Gasteiger partial charge on any atom is 0.222 e. The summed E-state index contributed by atoms with van der Waals surface area (Å²) < 4.78 is 6.20. The van der Waals surface area contributed by atoms with Crippen LogP contribution in [0.5, 0.6) is 0 Å². The SMILES string of the molecule is CC(C)(C)c1ccc(-c2cc(=NNc3nc4ccccc4[nH]3)c3cc(Cl)ccc3o2)cc1. The van der Waals surface area contributed by atoms with Crippen molar-refractivity contribution in [2.24, 2.45) is 5.10 Å². The molecule has 5 nitrogen and oxygen atoms in total. The molecule has 0 atom stereocenters. The predicted octanol–water partition coefficient (Wildman–Crippen LogP) is 6.85. The van der Waals surface area contributed by atoms with Gasteiger partial charge in [-0.3, -0.25) is 0 Å². The van der Waals surface area contributed by atoms with Gasteiger partial charge in [0.1, 0.15) is 11.3 Å². The highest BCUT2D eigenvalue weighted by molar-refractivity contribution is 6.31. The fourth-order valence-corrected chi connectivity index (χ4v) is 3.80. The van der Waals surface area contributed by atoms with E-state index in [1.54, 1.807) is 0 Å². The molecule has 0 aliphatic rings. The predicted molar refractivity (Wildman–Crippen MR) is 131 cm³/mol. The van der Waals surface area contributed by atoms with Crippen LogP contribution in [0.4, 0.5) is 5.95 Å². The zero-order valence-corrected chi connectivity index (χ0v) is 18.9. The van der Waals surface area contributed by atoms with Gasteiger partial charge < -0.3 is 9.40 Å². The van der Waals surface area contributed by atoms with E-state index in [9.17, 15) is 0 Å². The Labute approximate surface area is 190 Å². The number of para-hydroxylation sites is 2. The molecule has 6 heteroatoms. The van der Waals surface area contributed by atoms with Gasteiger partial charge >= 0.3 is 0 Å². The summed E-state index contributed by atoms with van der Waals surface area (Å²) in [6.07, 6.45) is 0. The summed E-state index contributed by atoms with van der Waals surface area (Å²) in [6.45, 7) is 6.60. The largest absolute Gasteiger partial charge is 0.456 e. The van der Waals surface area contributed by atoms with Crippen LogP contribution >= 0.6 is 11.6 Å². The summed E-state index contributed by atoms with van der Waals surface area (Å²) in [5, 5.41) is 6.77. The maximum absolute atomic E-state index is 6.26. The zero-order valence-electron chi connectivity index (χ0n) is 18.1. The fraction of sp³-hybridized carbons (Fsp3) is 0.154. The van der Waals surface area contributed by atoms with Gasteiger partial charge in [0.05, 0.1) is 16.4 Å². The van der Waals surface area contributed by atoms with E-state index >= 15 is 0 Å². The number of aromatic nitrogens is 2. The number of hydrogen-bond acceptors (Lipinski definition) is 4. The van der Waals surface area contributed by atoms with E-state index in [0.29, 0.717) is 21.9 Å². The van der Waals surface area contributed by atoms with Crippen LogP contribution in [-0.2, 0) is 5.41 Å². The van der Waals surface area contributed by atoms with Gasteiger partial charge in [0.2, 0.25) is 5.95 Å². The maximum atomic E-state index is 6.26. The molecule has 3 aromatic carbocycles. The van der Waals surface area contributed by atoms with E-state index in [1.165, 1.54) is 5.56 Å². The molecule has 0 fully saturated rings. The fourth-order valence-electron chi connectivity index (χ4n) is 3.63. The van der Waals surface area contributed by atoms with E-state index in [2.05, 4.69) is 65.5 Å². The van der Waals surface area contributed by atoms with Gasteiger partial charge in [-0.15, -0.1) is 0 Å². The number of imidazole rings is 1. The van der Waals surface area contributed by atoms with Gasteiger partial charge in [-0.1, -0.05) is 68.8 Å². The van der Waals surface area contributed by atoms with Gasteiger partial charge in [-0.25, -0.2) is 10.4 Å². The van der Waals surface area contributed by atoms with Crippen molar-refractivity contribution < 1.29 is 4.42 Å². The van der Waals surface area contributed by atoms with Crippen LogP contribution < -0.4 is 10.8 Å². The lowest BCUT2D eigenvalue weighted by Gasteiger charge is -2.19. The molecule has 5 rings (SSSR count). The van der Waals surface area contributed by atoms with Crippen molar-refractivity contribution in [1.29, 1.82) is 0 Å². The average molecular weight is 443 g/mol. The monoisotopic (exact) mass is 442 g/mol. The highest BCUT2D eigenvalue weighted by Gasteiger charge is 2.14. The topological polar surface area (TPSA) is 66.2 Å². The van der Waals surface area contributed by atoms with Gasteiger partial charge in [-0.05, 0) is 41.3 Å². The van der Waals surface area contributed by atoms with E-state index in [1.807, 2.05) is 48.5 Å². The lowest BCUT2D eigenvalue weighted by atomic mass is 9.86. The summed E-state index contributed by atoms with van der Waals surface area (Å²) in [6, 6.07) is 23.7. The standard InChI is InChI=1S/C26H23ClN4O/c1-26(2,3)17-10-8-16(9-11-17)24-15-22(19-14-18(27)12-13-23(19)32-24)30-31-25-28-20-6-4-5-7-21(20)29-25/h4-15H,1-3H3,(H2,28,29,31). The lowest BCUT2D eigenvalue weighted by molar-refractivity contribution is 0.589. The molecule has 0 spiro atoms. The Bertz CT molecular complexity index is 1460. The summed E-state index contributed by atoms with van der Waals surface area (Å²) in [5.74, 6) is 1.30. The highest BCUT2D eigenvalue weighted by atomic mass is 35.5. The number of fused-ring (bicyclic) bond motifs is 2. The number of benzene rings is 3. The van der Waals surface area contributed by atoms with Crippen molar-refractivity contribution in [1.82, 2.24) is 9.97 Å². The number of aromatic amines is 1. The minimum absolute atomic E-state index is 0.0901. The molecule has 2 aromatic heterocycles. The molecule has 5 aromatic rings. The van der Waals surface area contributed by atoms with E-state index in [0.717, 1.165) is 27.7 Å². The normalized spacial score (nSPS) is 12.6. The Morgan fingerprint density at radius 2 is 1.75 bits per heavy atom. The molecule has 0 bridgehead atoms. The number of hydrogen-bond donors (Lipinski definition) is 2. The van der Waals surface area contributed by atoms with Gasteiger partial charge in [-0.2, -0.15) is 5.10 Å². The van der Waals surface area contributed by atoms with Crippen molar-refractivity contribution in [3.63, 3.8) is 0 Å². The van der Waals surface area contributed by atoms with Crippen molar-refractivity contribution >= 4 is 39.6 Å². The first-order valence-corrected chi connectivity index (χ1v) is 10.8. The third-order valence-corrected chi connectivity index (χ3v) is 5.65.